The standard InChI is InChI=1S/C16H10F2N2O3/c17-11-5-2-6-12(14(11)18)20-16-19-8-13(23-16)9-3-1-4-10(7-9)15(21)22/h1-8H,(H,19,20)(H,21,22). The fourth-order valence-electron chi connectivity index (χ4n) is 1.99. The molecule has 0 saturated carbocycles. The molecule has 0 spiro atoms. The van der Waals surface area contributed by atoms with E-state index in [4.69, 9.17) is 9.52 Å². The Bertz CT molecular complexity index is 877. The Morgan fingerprint density at radius 1 is 1.17 bits per heavy atom. The van der Waals surface area contributed by atoms with E-state index < -0.39 is 17.6 Å². The minimum Gasteiger partial charge on any atom is -0.478 e. The first-order valence-corrected chi connectivity index (χ1v) is 6.55. The molecule has 1 heterocycles. The summed E-state index contributed by atoms with van der Waals surface area (Å²) in [5.74, 6) is -2.80. The van der Waals surface area contributed by atoms with Crippen molar-refractivity contribution >= 4 is 17.7 Å². The number of hydrogen-bond donors (Lipinski definition) is 2. The van der Waals surface area contributed by atoms with Crippen LogP contribution in [-0.4, -0.2) is 16.1 Å². The highest BCUT2D eigenvalue weighted by Crippen LogP contribution is 2.26. The molecule has 0 unspecified atom stereocenters. The van der Waals surface area contributed by atoms with E-state index in [0.29, 0.717) is 11.3 Å². The molecule has 7 heteroatoms. The molecular weight excluding hydrogens is 306 g/mol. The molecule has 0 amide bonds. The molecule has 2 aromatic carbocycles. The molecular formula is C16H10F2N2O3. The number of anilines is 2. The summed E-state index contributed by atoms with van der Waals surface area (Å²) < 4.78 is 32.1. The number of hydrogen-bond acceptors (Lipinski definition) is 4. The fourth-order valence-corrected chi connectivity index (χ4v) is 1.99. The summed E-state index contributed by atoms with van der Waals surface area (Å²) >= 11 is 0. The number of carbonyl (C=O) groups is 1. The van der Waals surface area contributed by atoms with Crippen molar-refractivity contribution < 1.29 is 23.1 Å². The lowest BCUT2D eigenvalue weighted by Crippen LogP contribution is -1.96. The number of aromatic nitrogens is 1. The van der Waals surface area contributed by atoms with Crippen LogP contribution in [0.2, 0.25) is 0 Å². The van der Waals surface area contributed by atoms with Gasteiger partial charge in [-0.2, -0.15) is 0 Å². The van der Waals surface area contributed by atoms with Gasteiger partial charge in [0.2, 0.25) is 0 Å². The minimum atomic E-state index is -1.06. The maximum absolute atomic E-state index is 13.6. The van der Waals surface area contributed by atoms with E-state index in [-0.39, 0.29) is 17.3 Å². The summed E-state index contributed by atoms with van der Waals surface area (Å²) in [6.07, 6.45) is 1.36. The molecule has 2 N–H and O–H groups in total. The van der Waals surface area contributed by atoms with E-state index in [0.717, 1.165) is 6.07 Å². The second kappa shape index (κ2) is 5.88. The molecule has 5 nitrogen and oxygen atoms in total. The number of carboxylic acid groups (broad SMARTS) is 1. The molecule has 0 saturated heterocycles. The highest BCUT2D eigenvalue weighted by Gasteiger charge is 2.12. The molecule has 0 atom stereocenters. The average Bonchev–Trinajstić information content (AvgIpc) is 3.00. The monoisotopic (exact) mass is 316 g/mol. The quantitative estimate of drug-likeness (QED) is 0.759. The van der Waals surface area contributed by atoms with Crippen molar-refractivity contribution in [3.63, 3.8) is 0 Å². The summed E-state index contributed by atoms with van der Waals surface area (Å²) in [4.78, 5) is 14.9. The van der Waals surface area contributed by atoms with Crippen LogP contribution >= 0.6 is 0 Å². The number of carboxylic acids is 1. The van der Waals surface area contributed by atoms with Gasteiger partial charge < -0.3 is 14.8 Å². The van der Waals surface area contributed by atoms with Gasteiger partial charge in [-0.3, -0.25) is 0 Å². The lowest BCUT2D eigenvalue weighted by atomic mass is 10.1. The molecule has 0 aliphatic heterocycles. The van der Waals surface area contributed by atoms with Crippen LogP contribution in [0.4, 0.5) is 20.5 Å². The number of nitrogens with zero attached hydrogens (tertiary/aromatic N) is 1. The number of benzene rings is 2. The third kappa shape index (κ3) is 3.03. The van der Waals surface area contributed by atoms with Crippen LogP contribution in [0.5, 0.6) is 0 Å². The number of aromatic carboxylic acids is 1. The number of rotatable bonds is 4. The highest BCUT2D eigenvalue weighted by atomic mass is 19.2. The molecule has 1 aromatic heterocycles. The third-order valence-electron chi connectivity index (χ3n) is 3.09. The van der Waals surface area contributed by atoms with Crippen LogP contribution in [0, 0.1) is 11.6 Å². The van der Waals surface area contributed by atoms with Gasteiger partial charge >= 0.3 is 5.97 Å². The molecule has 116 valence electrons. The molecule has 0 fully saturated rings. The Kier molecular flexibility index (Phi) is 3.76. The van der Waals surface area contributed by atoms with Crippen molar-refractivity contribution in [1.82, 2.24) is 4.98 Å². The van der Waals surface area contributed by atoms with E-state index in [9.17, 15) is 13.6 Å². The zero-order chi connectivity index (χ0) is 16.4. The first-order chi connectivity index (χ1) is 11.0. The van der Waals surface area contributed by atoms with E-state index in [1.54, 1.807) is 12.1 Å². The van der Waals surface area contributed by atoms with Crippen molar-refractivity contribution in [2.45, 2.75) is 0 Å². The number of nitrogens with one attached hydrogen (secondary N) is 1. The Hall–Kier alpha value is -3.22. The molecule has 23 heavy (non-hydrogen) atoms. The summed E-state index contributed by atoms with van der Waals surface area (Å²) in [6, 6.07) is 9.75. The Labute approximate surface area is 129 Å². The predicted octanol–water partition coefficient (Wildman–Crippen LogP) is 4.06. The summed E-state index contributed by atoms with van der Waals surface area (Å²) in [5, 5.41) is 11.5. The van der Waals surface area contributed by atoms with Gasteiger partial charge in [0.05, 0.1) is 17.4 Å². The molecule has 3 aromatic rings. The van der Waals surface area contributed by atoms with Gasteiger partial charge in [-0.1, -0.05) is 18.2 Å². The van der Waals surface area contributed by atoms with Crippen LogP contribution in [-0.2, 0) is 0 Å². The Balaban J connectivity index is 1.87. The van der Waals surface area contributed by atoms with Gasteiger partial charge in [-0.25, -0.2) is 18.6 Å². The lowest BCUT2D eigenvalue weighted by molar-refractivity contribution is 0.0697. The maximum Gasteiger partial charge on any atom is 0.335 e. The largest absolute Gasteiger partial charge is 0.478 e. The van der Waals surface area contributed by atoms with E-state index in [1.165, 1.54) is 30.5 Å². The van der Waals surface area contributed by atoms with E-state index >= 15 is 0 Å². The lowest BCUT2D eigenvalue weighted by Gasteiger charge is -2.03. The summed E-state index contributed by atoms with van der Waals surface area (Å²) in [6.45, 7) is 0. The van der Waals surface area contributed by atoms with Crippen molar-refractivity contribution in [1.29, 1.82) is 0 Å². The predicted molar refractivity (Wildman–Crippen MR) is 78.5 cm³/mol. The summed E-state index contributed by atoms with van der Waals surface area (Å²) in [7, 11) is 0. The first-order valence-electron chi connectivity index (χ1n) is 6.55. The van der Waals surface area contributed by atoms with E-state index in [2.05, 4.69) is 10.3 Å². The van der Waals surface area contributed by atoms with Gasteiger partial charge in [-0.05, 0) is 24.3 Å². The van der Waals surface area contributed by atoms with Gasteiger partial charge in [0, 0.05) is 5.56 Å². The third-order valence-corrected chi connectivity index (χ3v) is 3.09. The molecule has 0 bridgehead atoms. The van der Waals surface area contributed by atoms with Crippen LogP contribution in [0.3, 0.4) is 0 Å². The number of halogens is 2. The average molecular weight is 316 g/mol. The first kappa shape index (κ1) is 14.7. The smallest absolute Gasteiger partial charge is 0.335 e. The zero-order valence-electron chi connectivity index (χ0n) is 11.6. The van der Waals surface area contributed by atoms with E-state index in [1.807, 2.05) is 0 Å². The maximum atomic E-state index is 13.6. The van der Waals surface area contributed by atoms with Crippen molar-refractivity contribution in [3.05, 3.63) is 65.9 Å². The van der Waals surface area contributed by atoms with Crippen LogP contribution in [0.25, 0.3) is 11.3 Å². The number of oxazole rings is 1. The Morgan fingerprint density at radius 2 is 1.96 bits per heavy atom. The van der Waals surface area contributed by atoms with Gasteiger partial charge in [0.25, 0.3) is 6.01 Å². The zero-order valence-corrected chi connectivity index (χ0v) is 11.6. The minimum absolute atomic E-state index is 0.0368. The van der Waals surface area contributed by atoms with Crippen LogP contribution in [0.15, 0.2) is 53.1 Å². The van der Waals surface area contributed by atoms with Crippen molar-refractivity contribution in [2.75, 3.05) is 5.32 Å². The molecule has 0 aliphatic rings. The van der Waals surface area contributed by atoms with Gasteiger partial charge in [0.15, 0.2) is 17.4 Å². The molecule has 0 aliphatic carbocycles. The van der Waals surface area contributed by atoms with Crippen LogP contribution < -0.4 is 5.32 Å². The second-order valence-corrected chi connectivity index (χ2v) is 4.64. The summed E-state index contributed by atoms with van der Waals surface area (Å²) in [5.41, 5.74) is 0.493. The Morgan fingerprint density at radius 3 is 2.74 bits per heavy atom. The van der Waals surface area contributed by atoms with Crippen LogP contribution in [0.1, 0.15) is 10.4 Å². The van der Waals surface area contributed by atoms with Gasteiger partial charge in [0.1, 0.15) is 0 Å². The second-order valence-electron chi connectivity index (χ2n) is 4.64. The van der Waals surface area contributed by atoms with Gasteiger partial charge in [-0.15, -0.1) is 0 Å². The van der Waals surface area contributed by atoms with Crippen molar-refractivity contribution in [2.24, 2.45) is 0 Å². The molecule has 0 radical (unpaired) electrons. The normalized spacial score (nSPS) is 10.5. The topological polar surface area (TPSA) is 75.4 Å². The highest BCUT2D eigenvalue weighted by molar-refractivity contribution is 5.89. The molecule has 3 rings (SSSR count). The fraction of sp³-hybridized carbons (Fsp3) is 0. The van der Waals surface area contributed by atoms with Crippen molar-refractivity contribution in [3.8, 4) is 11.3 Å². The SMILES string of the molecule is O=C(O)c1cccc(-c2cnc(Nc3cccc(F)c3F)o2)c1.